The van der Waals surface area contributed by atoms with Crippen molar-refractivity contribution < 1.29 is 9.53 Å². The molecule has 2 aromatic carbocycles. The topological polar surface area (TPSA) is 46.5 Å². The lowest BCUT2D eigenvalue weighted by Crippen LogP contribution is -2.38. The first-order chi connectivity index (χ1) is 17.1. The van der Waals surface area contributed by atoms with Gasteiger partial charge in [0, 0.05) is 22.3 Å². The van der Waals surface area contributed by atoms with Crippen molar-refractivity contribution in [2.75, 3.05) is 12.4 Å². The molecule has 2 aromatic heterocycles. The van der Waals surface area contributed by atoms with E-state index >= 15 is 0 Å². The Hall–Kier alpha value is -3.51. The van der Waals surface area contributed by atoms with Crippen molar-refractivity contribution in [1.29, 1.82) is 0 Å². The maximum absolute atomic E-state index is 14.0. The minimum Gasteiger partial charge on any atom is -0.497 e. The Morgan fingerprint density at radius 3 is 2.60 bits per heavy atom. The zero-order chi connectivity index (χ0) is 23.9. The first kappa shape index (κ1) is 22.0. The molecule has 178 valence electrons. The van der Waals surface area contributed by atoms with E-state index in [9.17, 15) is 4.79 Å². The molecule has 0 bridgehead atoms. The van der Waals surface area contributed by atoms with Crippen molar-refractivity contribution in [3.63, 3.8) is 0 Å². The Balaban J connectivity index is 1.50. The average Bonchev–Trinajstić information content (AvgIpc) is 3.47. The predicted octanol–water partition coefficient (Wildman–Crippen LogP) is 6.87. The van der Waals surface area contributed by atoms with E-state index in [0.29, 0.717) is 6.54 Å². The van der Waals surface area contributed by atoms with Crippen LogP contribution in [0, 0.1) is 6.92 Å². The fourth-order valence-corrected chi connectivity index (χ4v) is 6.83. The maximum Gasteiger partial charge on any atom is 0.322 e. The van der Waals surface area contributed by atoms with Gasteiger partial charge < -0.3 is 19.5 Å². The number of anilines is 1. The average molecular weight is 484 g/mol. The molecule has 2 aliphatic rings. The second-order valence-corrected chi connectivity index (χ2v) is 10.4. The van der Waals surface area contributed by atoms with Crippen molar-refractivity contribution in [3.8, 4) is 10.8 Å². The van der Waals surface area contributed by atoms with Gasteiger partial charge in [0.2, 0.25) is 0 Å². The van der Waals surface area contributed by atoms with Crippen molar-refractivity contribution in [3.05, 3.63) is 99.7 Å². The zero-order valence-electron chi connectivity index (χ0n) is 20.1. The van der Waals surface area contributed by atoms with Gasteiger partial charge in [-0.05, 0) is 79.6 Å². The molecule has 4 aromatic rings. The number of carbonyl (C=O) groups excluding carboxylic acids is 1. The van der Waals surface area contributed by atoms with Crippen LogP contribution in [0.1, 0.15) is 51.7 Å². The number of rotatable bonds is 3. The summed E-state index contributed by atoms with van der Waals surface area (Å²) in [7, 11) is 1.68. The SMILES string of the molecule is COc1ccc([C@@H]2c3cccn3-c3sc4c(c3CN2C(=O)Nc2ccccc2C)CCCC4)cc1. The Kier molecular flexibility index (Phi) is 5.61. The first-order valence-corrected chi connectivity index (χ1v) is 13.0. The number of methoxy groups -OCH3 is 1. The highest BCUT2D eigenvalue weighted by atomic mass is 32.1. The molecule has 0 unspecified atom stereocenters. The van der Waals surface area contributed by atoms with E-state index in [-0.39, 0.29) is 12.1 Å². The number of urea groups is 1. The Bertz CT molecular complexity index is 1390. The van der Waals surface area contributed by atoms with Crippen molar-refractivity contribution in [2.24, 2.45) is 0 Å². The fourth-order valence-electron chi connectivity index (χ4n) is 5.42. The number of thiophene rings is 1. The van der Waals surface area contributed by atoms with Gasteiger partial charge in [-0.2, -0.15) is 0 Å². The molecule has 0 radical (unpaired) electrons. The number of carbonyl (C=O) groups is 1. The summed E-state index contributed by atoms with van der Waals surface area (Å²) in [5.41, 5.74) is 6.83. The van der Waals surface area contributed by atoms with Crippen LogP contribution in [0.25, 0.3) is 5.00 Å². The predicted molar refractivity (Wildman–Crippen MR) is 141 cm³/mol. The maximum atomic E-state index is 14.0. The van der Waals surface area contributed by atoms with Gasteiger partial charge in [-0.3, -0.25) is 0 Å². The highest BCUT2D eigenvalue weighted by Crippen LogP contribution is 2.44. The third-order valence-electron chi connectivity index (χ3n) is 7.26. The van der Waals surface area contributed by atoms with Crippen molar-refractivity contribution in [1.82, 2.24) is 9.47 Å². The van der Waals surface area contributed by atoms with Crippen LogP contribution in [0.15, 0.2) is 66.9 Å². The summed E-state index contributed by atoms with van der Waals surface area (Å²) < 4.78 is 7.72. The van der Waals surface area contributed by atoms with Crippen LogP contribution in [-0.4, -0.2) is 22.6 Å². The Morgan fingerprint density at radius 1 is 1.00 bits per heavy atom. The highest BCUT2D eigenvalue weighted by Gasteiger charge is 2.36. The van der Waals surface area contributed by atoms with Gasteiger partial charge in [-0.25, -0.2) is 4.79 Å². The molecule has 1 aliphatic heterocycles. The minimum atomic E-state index is -0.223. The van der Waals surface area contributed by atoms with Crippen LogP contribution in [0.2, 0.25) is 0 Å². The van der Waals surface area contributed by atoms with E-state index < -0.39 is 0 Å². The molecule has 0 saturated heterocycles. The molecule has 5 nitrogen and oxygen atoms in total. The number of fused-ring (bicyclic) bond motifs is 5. The van der Waals surface area contributed by atoms with Crippen LogP contribution < -0.4 is 10.1 Å². The van der Waals surface area contributed by atoms with Gasteiger partial charge in [-0.1, -0.05) is 30.3 Å². The molecule has 1 aliphatic carbocycles. The van der Waals surface area contributed by atoms with E-state index in [1.165, 1.54) is 33.8 Å². The van der Waals surface area contributed by atoms with Gasteiger partial charge >= 0.3 is 6.03 Å². The fraction of sp³-hybridized carbons (Fsp3) is 0.276. The standard InChI is InChI=1S/C29H29N3O2S/c1-19-8-3-5-10-24(19)30-29(33)32-18-23-22-9-4-6-12-26(22)35-28(23)31-17-7-11-25(31)27(32)20-13-15-21(34-2)16-14-20/h3,5,7-8,10-11,13-17,27H,4,6,9,12,18H2,1-2H3,(H,30,33)/t27-/m1/s1. The molecule has 6 heteroatoms. The zero-order valence-corrected chi connectivity index (χ0v) is 20.9. The summed E-state index contributed by atoms with van der Waals surface area (Å²) in [6, 6.07) is 20.0. The molecule has 0 spiro atoms. The first-order valence-electron chi connectivity index (χ1n) is 12.2. The number of benzene rings is 2. The number of aryl methyl sites for hydroxylation is 2. The summed E-state index contributed by atoms with van der Waals surface area (Å²) in [6.45, 7) is 2.61. The monoisotopic (exact) mass is 483 g/mol. The Morgan fingerprint density at radius 2 is 1.80 bits per heavy atom. The molecule has 0 fully saturated rings. The summed E-state index contributed by atoms with van der Waals surface area (Å²) >= 11 is 1.91. The third-order valence-corrected chi connectivity index (χ3v) is 8.59. The highest BCUT2D eigenvalue weighted by molar-refractivity contribution is 7.15. The van der Waals surface area contributed by atoms with Gasteiger partial charge in [0.05, 0.1) is 25.4 Å². The Labute approximate surface area is 210 Å². The molecule has 0 saturated carbocycles. The number of hydrogen-bond acceptors (Lipinski definition) is 3. The number of hydrogen-bond donors (Lipinski definition) is 1. The summed E-state index contributed by atoms with van der Waals surface area (Å²) in [6.07, 6.45) is 6.84. The van der Waals surface area contributed by atoms with E-state index in [2.05, 4.69) is 40.3 Å². The molecular formula is C29H29N3O2S. The number of amides is 2. The molecule has 1 N–H and O–H groups in total. The molecule has 3 heterocycles. The van der Waals surface area contributed by atoms with Crippen molar-refractivity contribution in [2.45, 2.75) is 45.2 Å². The number of para-hydroxylation sites is 1. The molecule has 2 amide bonds. The minimum absolute atomic E-state index is 0.0866. The van der Waals surface area contributed by atoms with Gasteiger partial charge in [0.25, 0.3) is 0 Å². The van der Waals surface area contributed by atoms with Gasteiger partial charge in [0.1, 0.15) is 10.8 Å². The van der Waals surface area contributed by atoms with E-state index in [1.54, 1.807) is 7.11 Å². The lowest BCUT2D eigenvalue weighted by molar-refractivity contribution is 0.194. The lowest BCUT2D eigenvalue weighted by Gasteiger charge is -2.31. The summed E-state index contributed by atoms with van der Waals surface area (Å²) in [5.74, 6) is 0.807. The van der Waals surface area contributed by atoms with E-state index in [4.69, 9.17) is 4.74 Å². The smallest absolute Gasteiger partial charge is 0.322 e. The number of nitrogens with one attached hydrogen (secondary N) is 1. The molecule has 6 rings (SSSR count). The molecule has 35 heavy (non-hydrogen) atoms. The second-order valence-electron chi connectivity index (χ2n) is 9.35. The van der Waals surface area contributed by atoms with Crippen LogP contribution in [0.4, 0.5) is 10.5 Å². The van der Waals surface area contributed by atoms with Crippen LogP contribution in [0.5, 0.6) is 5.75 Å². The second kappa shape index (κ2) is 8.93. The third kappa shape index (κ3) is 3.82. The number of aromatic nitrogens is 1. The largest absolute Gasteiger partial charge is 0.497 e. The van der Waals surface area contributed by atoms with Gasteiger partial charge in [-0.15, -0.1) is 11.3 Å². The number of nitrogens with zero attached hydrogens (tertiary/aromatic N) is 2. The van der Waals surface area contributed by atoms with E-state index in [1.807, 2.05) is 59.6 Å². The molecule has 1 atom stereocenters. The van der Waals surface area contributed by atoms with Gasteiger partial charge in [0.15, 0.2) is 0 Å². The van der Waals surface area contributed by atoms with E-state index in [0.717, 1.165) is 41.1 Å². The van der Waals surface area contributed by atoms with Crippen LogP contribution >= 0.6 is 11.3 Å². The van der Waals surface area contributed by atoms with Crippen LogP contribution in [0.3, 0.4) is 0 Å². The lowest BCUT2D eigenvalue weighted by atomic mass is 9.95. The van der Waals surface area contributed by atoms with Crippen molar-refractivity contribution >= 4 is 23.1 Å². The normalized spacial score (nSPS) is 16.6. The number of ether oxygens (including phenoxy) is 1. The quantitative estimate of drug-likeness (QED) is 0.346. The summed E-state index contributed by atoms with van der Waals surface area (Å²) in [4.78, 5) is 17.5. The summed E-state index contributed by atoms with van der Waals surface area (Å²) in [5, 5.41) is 4.48. The molecular weight excluding hydrogens is 454 g/mol. The van der Waals surface area contributed by atoms with Crippen LogP contribution in [-0.2, 0) is 19.4 Å².